The van der Waals surface area contributed by atoms with Crippen LogP contribution in [-0.2, 0) is 16.1 Å². The number of anilines is 1. The Bertz CT molecular complexity index is 1160. The number of imide groups is 1. The molecule has 0 radical (unpaired) electrons. The normalized spacial score (nSPS) is 17.2. The van der Waals surface area contributed by atoms with E-state index in [9.17, 15) is 9.59 Å². The van der Waals surface area contributed by atoms with E-state index in [-0.39, 0.29) is 11.8 Å². The number of carbonyl (C=O) groups is 2. The highest BCUT2D eigenvalue weighted by molar-refractivity contribution is 8.04. The number of benzene rings is 3. The van der Waals surface area contributed by atoms with Crippen LogP contribution in [0.2, 0.25) is 0 Å². The number of amides is 2. The summed E-state index contributed by atoms with van der Waals surface area (Å²) in [7, 11) is 0. The molecular weight excluding hydrogens is 430 g/mol. The Labute approximate surface area is 198 Å². The molecule has 6 heteroatoms. The van der Waals surface area contributed by atoms with E-state index in [4.69, 9.17) is 0 Å². The van der Waals surface area contributed by atoms with E-state index in [0.29, 0.717) is 29.4 Å². The minimum atomic E-state index is -0.248. The van der Waals surface area contributed by atoms with Gasteiger partial charge in [-0.25, -0.2) is 4.90 Å². The summed E-state index contributed by atoms with van der Waals surface area (Å²) < 4.78 is 0. The van der Waals surface area contributed by atoms with Crippen LogP contribution in [-0.4, -0.2) is 47.8 Å². The third kappa shape index (κ3) is 4.58. The first-order valence-electron chi connectivity index (χ1n) is 11.1. The number of thioether (sulfide) groups is 1. The summed E-state index contributed by atoms with van der Waals surface area (Å²) >= 11 is 1.38. The number of rotatable bonds is 6. The van der Waals surface area contributed by atoms with Gasteiger partial charge in [0, 0.05) is 37.6 Å². The predicted octanol–water partition coefficient (Wildman–Crippen LogP) is 4.38. The summed E-state index contributed by atoms with van der Waals surface area (Å²) in [6.07, 6.45) is 0. The van der Waals surface area contributed by atoms with Gasteiger partial charge in [-0.2, -0.15) is 0 Å². The summed E-state index contributed by atoms with van der Waals surface area (Å²) in [5.41, 5.74) is 2.42. The van der Waals surface area contributed by atoms with Crippen LogP contribution in [0.3, 0.4) is 0 Å². The number of piperazine rings is 1. The van der Waals surface area contributed by atoms with Crippen LogP contribution in [0.25, 0.3) is 0 Å². The van der Waals surface area contributed by atoms with Gasteiger partial charge in [-0.05, 0) is 29.8 Å². The number of carbonyl (C=O) groups excluding carboxylic acids is 2. The molecule has 0 spiro atoms. The fourth-order valence-electron chi connectivity index (χ4n) is 4.26. The van der Waals surface area contributed by atoms with Crippen molar-refractivity contribution in [3.63, 3.8) is 0 Å². The molecule has 1 saturated heterocycles. The van der Waals surface area contributed by atoms with Gasteiger partial charge >= 0.3 is 0 Å². The van der Waals surface area contributed by atoms with Crippen LogP contribution < -0.4 is 4.90 Å². The molecule has 166 valence electrons. The maximum atomic E-state index is 13.6. The molecule has 1 fully saturated rings. The highest BCUT2D eigenvalue weighted by Gasteiger charge is 2.43. The molecule has 0 saturated carbocycles. The van der Waals surface area contributed by atoms with Crippen molar-refractivity contribution in [2.75, 3.05) is 31.1 Å². The van der Waals surface area contributed by atoms with Gasteiger partial charge in [-0.3, -0.25) is 14.5 Å². The van der Waals surface area contributed by atoms with Crippen molar-refractivity contribution in [3.05, 3.63) is 107 Å². The second-order valence-electron chi connectivity index (χ2n) is 8.12. The highest BCUT2D eigenvalue weighted by Crippen LogP contribution is 2.38. The molecule has 0 aliphatic carbocycles. The average Bonchev–Trinajstić information content (AvgIpc) is 3.10. The van der Waals surface area contributed by atoms with Gasteiger partial charge in [0.1, 0.15) is 10.6 Å². The van der Waals surface area contributed by atoms with Gasteiger partial charge in [-0.1, -0.05) is 78.5 Å². The van der Waals surface area contributed by atoms with Crippen LogP contribution in [0.4, 0.5) is 5.69 Å². The second-order valence-corrected chi connectivity index (χ2v) is 9.21. The zero-order valence-electron chi connectivity index (χ0n) is 18.3. The fraction of sp³-hybridized carbons (Fsp3) is 0.185. The first kappa shape index (κ1) is 21.5. The topological polar surface area (TPSA) is 43.9 Å². The van der Waals surface area contributed by atoms with Crippen LogP contribution in [0.15, 0.2) is 106 Å². The van der Waals surface area contributed by atoms with Gasteiger partial charge in [0.15, 0.2) is 0 Å². The standard InChI is InChI=1S/C27H25N3O2S/c31-26-24(29-18-16-28(17-19-29)20-21-10-4-1-5-11-21)25(33-23-14-8-3-9-15-23)27(32)30(26)22-12-6-2-7-13-22/h1-15H,16-20H2. The molecule has 2 aliphatic heterocycles. The summed E-state index contributed by atoms with van der Waals surface area (Å²) in [4.78, 5) is 34.3. The largest absolute Gasteiger partial charge is 0.363 e. The number of nitrogens with zero attached hydrogens (tertiary/aromatic N) is 3. The predicted molar refractivity (Wildman–Crippen MR) is 132 cm³/mol. The van der Waals surface area contributed by atoms with E-state index in [1.54, 1.807) is 12.1 Å². The molecule has 3 aromatic rings. The summed E-state index contributed by atoms with van der Waals surface area (Å²) in [5, 5.41) is 0. The van der Waals surface area contributed by atoms with Gasteiger partial charge in [-0.15, -0.1) is 0 Å². The van der Waals surface area contributed by atoms with E-state index in [0.717, 1.165) is 24.5 Å². The van der Waals surface area contributed by atoms with Crippen LogP contribution in [0.5, 0.6) is 0 Å². The monoisotopic (exact) mass is 455 g/mol. The SMILES string of the molecule is O=C1C(Sc2ccccc2)=C(N2CCN(Cc3ccccc3)CC2)C(=O)N1c1ccccc1. The Morgan fingerprint density at radius 2 is 1.24 bits per heavy atom. The molecule has 0 bridgehead atoms. The zero-order valence-corrected chi connectivity index (χ0v) is 19.1. The van der Waals surface area contributed by atoms with E-state index in [2.05, 4.69) is 34.1 Å². The van der Waals surface area contributed by atoms with Crippen molar-refractivity contribution >= 4 is 29.3 Å². The first-order valence-corrected chi connectivity index (χ1v) is 11.9. The Morgan fingerprint density at radius 1 is 0.667 bits per heavy atom. The number of para-hydroxylation sites is 1. The molecule has 2 amide bonds. The molecule has 2 heterocycles. The Balaban J connectivity index is 1.39. The van der Waals surface area contributed by atoms with Crippen LogP contribution in [0, 0.1) is 0 Å². The summed E-state index contributed by atoms with van der Waals surface area (Å²) in [6.45, 7) is 4.00. The van der Waals surface area contributed by atoms with Crippen molar-refractivity contribution in [2.45, 2.75) is 11.4 Å². The molecule has 0 atom stereocenters. The number of hydrogen-bond donors (Lipinski definition) is 0. The summed E-state index contributed by atoms with van der Waals surface area (Å²) in [6, 6.07) is 29.4. The van der Waals surface area contributed by atoms with Crippen LogP contribution >= 0.6 is 11.8 Å². The molecule has 0 unspecified atom stereocenters. The first-order chi connectivity index (χ1) is 16.2. The lowest BCUT2D eigenvalue weighted by molar-refractivity contribution is -0.121. The molecule has 0 N–H and O–H groups in total. The van der Waals surface area contributed by atoms with Crippen LogP contribution in [0.1, 0.15) is 5.56 Å². The number of hydrogen-bond acceptors (Lipinski definition) is 5. The zero-order chi connectivity index (χ0) is 22.6. The lowest BCUT2D eigenvalue weighted by Gasteiger charge is -2.36. The molecule has 5 rings (SSSR count). The molecular formula is C27H25N3O2S. The van der Waals surface area contributed by atoms with Crippen molar-refractivity contribution < 1.29 is 9.59 Å². The van der Waals surface area contributed by atoms with Crippen molar-refractivity contribution in [1.82, 2.24) is 9.80 Å². The van der Waals surface area contributed by atoms with Gasteiger partial charge in [0.25, 0.3) is 11.8 Å². The summed E-state index contributed by atoms with van der Waals surface area (Å²) in [5.74, 6) is -0.483. The van der Waals surface area contributed by atoms with Gasteiger partial charge in [0.2, 0.25) is 0 Å². The smallest absolute Gasteiger partial charge is 0.283 e. The van der Waals surface area contributed by atoms with Gasteiger partial charge < -0.3 is 4.90 Å². The Hall–Kier alpha value is -3.35. The van der Waals surface area contributed by atoms with E-state index < -0.39 is 0 Å². The average molecular weight is 456 g/mol. The molecule has 0 aromatic heterocycles. The fourth-order valence-corrected chi connectivity index (χ4v) is 5.28. The quantitative estimate of drug-likeness (QED) is 0.516. The Morgan fingerprint density at radius 3 is 1.88 bits per heavy atom. The molecule has 2 aliphatic rings. The van der Waals surface area contributed by atoms with Gasteiger partial charge in [0.05, 0.1) is 5.69 Å². The maximum Gasteiger partial charge on any atom is 0.283 e. The third-order valence-corrected chi connectivity index (χ3v) is 7.01. The van der Waals surface area contributed by atoms with Crippen molar-refractivity contribution in [1.29, 1.82) is 0 Å². The maximum absolute atomic E-state index is 13.6. The lowest BCUT2D eigenvalue weighted by atomic mass is 10.2. The minimum absolute atomic E-state index is 0.235. The minimum Gasteiger partial charge on any atom is -0.363 e. The van der Waals surface area contributed by atoms with Crippen molar-refractivity contribution in [2.24, 2.45) is 0 Å². The van der Waals surface area contributed by atoms with E-state index in [1.165, 1.54) is 22.2 Å². The Kier molecular flexibility index (Phi) is 6.28. The van der Waals surface area contributed by atoms with E-state index in [1.807, 2.05) is 54.6 Å². The molecule has 3 aromatic carbocycles. The van der Waals surface area contributed by atoms with Crippen molar-refractivity contribution in [3.8, 4) is 0 Å². The lowest BCUT2D eigenvalue weighted by Crippen LogP contribution is -2.47. The second kappa shape index (κ2) is 9.65. The molecule has 5 nitrogen and oxygen atoms in total. The third-order valence-electron chi connectivity index (χ3n) is 5.93. The van der Waals surface area contributed by atoms with E-state index >= 15 is 0 Å². The highest BCUT2D eigenvalue weighted by atomic mass is 32.2. The molecule has 33 heavy (non-hydrogen) atoms.